The number of nitrogens with zero attached hydrogens (tertiary/aromatic N) is 5. The molecule has 5 aromatic heterocycles. The van der Waals surface area contributed by atoms with E-state index in [1.54, 1.807) is 119 Å². The maximum Gasteiger partial charge on any atom is 1.00 e. The summed E-state index contributed by atoms with van der Waals surface area (Å²) in [7, 11) is -0.0468. The second-order valence-corrected chi connectivity index (χ2v) is 32.1. The second kappa shape index (κ2) is 59.3. The molecule has 0 amide bonds. The molecular weight excluding hydrogens is 2000 g/mol. The number of rotatable bonds is 28. The normalized spacial score (nSPS) is 10.2. The van der Waals surface area contributed by atoms with Gasteiger partial charge in [0.1, 0.15) is 59.4 Å². The summed E-state index contributed by atoms with van der Waals surface area (Å²) in [6, 6.07) is 71.4. The van der Waals surface area contributed by atoms with Crippen LogP contribution in [0.15, 0.2) is 276 Å². The number of halogens is 4. The maximum absolute atomic E-state index is 11.9. The first kappa shape index (κ1) is 116. The summed E-state index contributed by atoms with van der Waals surface area (Å²) in [5, 5.41) is 44.8. The zero-order chi connectivity index (χ0) is 95.4. The van der Waals surface area contributed by atoms with Crippen LogP contribution in [0, 0.1) is 0 Å². The topological polar surface area (TPSA) is 503 Å². The fourth-order valence-electron chi connectivity index (χ4n) is 13.8. The molecule has 0 aliphatic rings. The number of fused-ring (bicyclic) bond motifs is 5. The molecule has 5 heterocycles. The van der Waals surface area contributed by atoms with Gasteiger partial charge in [-0.15, -0.1) is 12.4 Å². The van der Waals surface area contributed by atoms with Gasteiger partial charge in [0.2, 0.25) is 0 Å². The summed E-state index contributed by atoms with van der Waals surface area (Å²) in [5.41, 5.74) is 40.7. The number of phenols is 1. The molecule has 3 radical (unpaired) electrons. The molecule has 0 unspecified atom stereocenters. The molecule has 0 aliphatic heterocycles. The Balaban J connectivity index is 0.000000296. The number of carbonyl (C=O) groups excluding carboxylic acids is 4. The van der Waals surface area contributed by atoms with Crippen molar-refractivity contribution >= 4 is 175 Å². The van der Waals surface area contributed by atoms with Crippen molar-refractivity contribution in [2.75, 3.05) is 26.9 Å². The number of hydrogen-bond donors (Lipinski definition) is 13. The van der Waals surface area contributed by atoms with Crippen LogP contribution in [-0.4, -0.2) is 162 Å². The van der Waals surface area contributed by atoms with Crippen molar-refractivity contribution in [1.82, 2.24) is 49.8 Å². The van der Waals surface area contributed by atoms with Gasteiger partial charge in [0.05, 0.1) is 135 Å². The van der Waals surface area contributed by atoms with E-state index in [1.807, 2.05) is 133 Å². The number of para-hydroxylation sites is 4. The number of imidazole rings is 5. The number of aliphatic hydroxyl groups is 1. The number of nitrogens with one attached hydrogen (secondary N) is 5. The number of carboxylic acids is 1. The van der Waals surface area contributed by atoms with E-state index in [0.29, 0.717) is 98.7 Å². The van der Waals surface area contributed by atoms with Crippen molar-refractivity contribution < 1.29 is 127 Å². The van der Waals surface area contributed by atoms with Gasteiger partial charge in [0.25, 0.3) is 0 Å². The Hall–Kier alpha value is -12.2. The van der Waals surface area contributed by atoms with Crippen molar-refractivity contribution in [2.45, 2.75) is 92.5 Å². The Labute approximate surface area is 869 Å². The first-order chi connectivity index (χ1) is 65.0. The molecule has 17 rings (SSSR count). The zero-order valence-corrected chi connectivity index (χ0v) is 83.7. The summed E-state index contributed by atoms with van der Waals surface area (Å²) in [5.74, 6) is -0.0111. The smallest absolute Gasteiger partial charge is 1.00 e. The number of H-pyrrole nitrogens is 5. The Kier molecular flexibility index (Phi) is 49.2. The molecule has 0 saturated carbocycles. The fourth-order valence-corrected chi connectivity index (χ4v) is 15.5. The molecule has 31 nitrogen and oxygen atoms in total. The number of aromatic hydroxyl groups is 1. The number of phenolic OH excluding ortho intramolecular Hbond substituents is 1. The molecule has 0 bridgehead atoms. The van der Waals surface area contributed by atoms with Gasteiger partial charge in [-0.25, -0.2) is 29.7 Å². The van der Waals surface area contributed by atoms with Gasteiger partial charge in [-0.3, -0.25) is 19.2 Å². The molecule has 12 aromatic carbocycles. The average Bonchev–Trinajstić information content (AvgIpc) is 1.63. The summed E-state index contributed by atoms with van der Waals surface area (Å²) in [6.07, 6.45) is 8.68. The maximum atomic E-state index is 11.9. The van der Waals surface area contributed by atoms with Crippen molar-refractivity contribution in [2.24, 2.45) is 17.2 Å². The van der Waals surface area contributed by atoms with Crippen LogP contribution < -0.4 is 74.6 Å². The van der Waals surface area contributed by atoms with Crippen LogP contribution in [0.25, 0.3) is 77.4 Å². The predicted molar refractivity (Wildman–Crippen MR) is 540 cm³/mol. The van der Waals surface area contributed by atoms with Gasteiger partial charge in [0, 0.05) is 83.8 Å². The molecular formula is C100H102AlBBr3ClLi2N13O18. The number of carboxylic acid groups (broad SMARTS) is 1. The minimum absolute atomic E-state index is 0. The molecule has 0 spiro atoms. The molecule has 139 heavy (non-hydrogen) atoms. The number of ether oxygens (including phenoxy) is 7. The van der Waals surface area contributed by atoms with Gasteiger partial charge in [-0.05, 0) is 221 Å². The summed E-state index contributed by atoms with van der Waals surface area (Å²) >= 11 is 10.2. The molecule has 711 valence electrons. The monoisotopic (exact) mass is 2100 g/mol. The van der Waals surface area contributed by atoms with E-state index in [-0.39, 0.29) is 136 Å². The first-order valence-corrected chi connectivity index (χ1v) is 44.7. The van der Waals surface area contributed by atoms with Gasteiger partial charge in [0.15, 0.2) is 0 Å². The van der Waals surface area contributed by atoms with E-state index in [4.69, 9.17) is 65.9 Å². The van der Waals surface area contributed by atoms with Crippen LogP contribution in [0.1, 0.15) is 93.8 Å². The van der Waals surface area contributed by atoms with Crippen molar-refractivity contribution in [1.29, 1.82) is 0 Å². The number of aliphatic carboxylic acids is 1. The van der Waals surface area contributed by atoms with Gasteiger partial charge in [-0.1, -0.05) is 133 Å². The van der Waals surface area contributed by atoms with Crippen LogP contribution in [0.2, 0.25) is 0 Å². The van der Waals surface area contributed by atoms with Crippen molar-refractivity contribution in [3.05, 3.63) is 342 Å². The fraction of sp³-hybridized carbons (Fsp3) is 0.180. The minimum atomic E-state index is -1.40. The molecule has 17 N–H and O–H groups in total. The minimum Gasteiger partial charge on any atom is -1.00 e. The van der Waals surface area contributed by atoms with E-state index in [0.717, 1.165) is 141 Å². The summed E-state index contributed by atoms with van der Waals surface area (Å²) in [6.45, 7) is 8.94. The number of carbonyl (C=O) groups is 5. The van der Waals surface area contributed by atoms with Gasteiger partial charge >= 0.3 is 74.7 Å². The van der Waals surface area contributed by atoms with Gasteiger partial charge in [-0.2, -0.15) is 0 Å². The van der Waals surface area contributed by atoms with Gasteiger partial charge < -0.3 is 108 Å². The Morgan fingerprint density at radius 3 is 1.12 bits per heavy atom. The number of methoxy groups -OCH3 is 1. The first-order valence-electron chi connectivity index (χ1n) is 42.3. The standard InChI is InChI=1S/C25H25N3O3.C23H21N3O3.C18H17BrN2O3.C10H12O3.C9H7BrN2O2.C8H7BrN2O.C7H10BNO2.Al.ClH.2Li.H2O.H/c1-2-30-24(29)13-20-7-3-4-9-23(20)31-15-18-11-21(25-22(12-18)27-16-28-25)19-8-5-6-17(10-19)14-26;24-12-15-4-3-6-17(8-15)19-9-16(10-20-23(19)26-14-25-20)13-29-21-7-2-1-5-18(21)11-22(27)28;1-2-23-17(22)9-13-5-3-4-6-16(13)24-10-12-7-14(19)18-15(8-12)20-11-21-18;1-2-13-10(12)7-8-5-3-4-6-9(8)11;1-14-9(13)5-2-6(10)8-7(3-5)11-4-12-8;9-6-1-5(3-12)2-7-8(6)11-4-10-7;9-5-6-2-1-3-7(4-6)8(10)11;;;;;;/h3-12,16H,2,13-15,26H2,1H3,(H,27,28);1-10,14H,11-13,24H2,(H,25,26)(H,27,28);3-8,11H,2,9-10H2,1H3,(H,20,21);3-6,11H,2,7H2,1H3;2-4H,1H3,(H,11,12);1-2,4,12H,3H2,(H,10,11);1-4,10-11H,5,9H2;;1H;;;1H2;/q;;;;;;;;;2*+1;;-1/p-1. The number of nitrogens with two attached hydrogens (primary N) is 3. The molecule has 39 heteroatoms. The summed E-state index contributed by atoms with van der Waals surface area (Å²) in [4.78, 5) is 93.8. The number of esters is 4. The molecule has 0 atom stereocenters. The van der Waals surface area contributed by atoms with Crippen LogP contribution in [0.5, 0.6) is 23.0 Å². The number of aromatic amines is 5. The van der Waals surface area contributed by atoms with Crippen LogP contribution in [0.4, 0.5) is 0 Å². The van der Waals surface area contributed by atoms with E-state index in [2.05, 4.69) is 133 Å². The van der Waals surface area contributed by atoms with Crippen LogP contribution in [0.3, 0.4) is 0 Å². The van der Waals surface area contributed by atoms with Crippen molar-refractivity contribution in [3.63, 3.8) is 0 Å². The number of benzene rings is 12. The van der Waals surface area contributed by atoms with E-state index in [1.165, 1.54) is 7.11 Å². The third-order valence-corrected chi connectivity index (χ3v) is 21.9. The van der Waals surface area contributed by atoms with E-state index >= 15 is 0 Å². The SMILES string of the molecule is CCOC(=O)Cc1ccccc1O.CCOC(=O)Cc1ccccc1OCc1cc(-c2cccc(CN)c2)c2nc[nH]c2c1.CCOC(=O)Cc1ccccc1OCc1cc(Br)c2nc[nH]c2c1.COC(=O)c1cc(Br)c2nc[nH]c2c1.Cl.NCc1cccc(-c2cc(COc3ccccc3CC(=O)O)cc3[nH]cnc23)c1.NCc1cccc(B(O)O)c1.OCc1cc(Br)c2nc[nH]c2c1.[Al].[H-].[Li+].[Li+].[OH-]. The Bertz CT molecular complexity index is 6850. The number of aromatic nitrogens is 10. The number of hydrogen-bond acceptors (Lipinski definition) is 25. The Morgan fingerprint density at radius 2 is 0.734 bits per heavy atom. The molecule has 0 aliphatic carbocycles. The largest absolute Gasteiger partial charge is 1.00 e. The third-order valence-electron chi connectivity index (χ3n) is 20.1. The summed E-state index contributed by atoms with van der Waals surface area (Å²) < 4.78 is 40.0. The molecule has 17 aromatic rings. The average molecular weight is 2100 g/mol. The quantitative estimate of drug-likeness (QED) is 0.0123. The van der Waals surface area contributed by atoms with Crippen LogP contribution in [-0.2, 0) is 110 Å². The van der Waals surface area contributed by atoms with Crippen LogP contribution >= 0.6 is 60.2 Å². The predicted octanol–water partition coefficient (Wildman–Crippen LogP) is 10.5. The third kappa shape index (κ3) is 34.1. The zero-order valence-electron chi connectivity index (χ0n) is 78.0. The molecule has 0 saturated heterocycles. The van der Waals surface area contributed by atoms with E-state index in [9.17, 15) is 29.1 Å². The molecule has 0 fully saturated rings. The van der Waals surface area contributed by atoms with E-state index < -0.39 is 13.1 Å². The van der Waals surface area contributed by atoms with Crippen molar-refractivity contribution in [3.8, 4) is 45.3 Å². The second-order valence-electron chi connectivity index (χ2n) is 29.5. The Morgan fingerprint density at radius 1 is 0.403 bits per heavy atom. The number of aliphatic hydroxyl groups excluding tert-OH is 1.